The van der Waals surface area contributed by atoms with Crippen molar-refractivity contribution in [3.63, 3.8) is 0 Å². The monoisotopic (exact) mass is 352 g/mol. The SMILES string of the molecule is CC1=CC(C)(C)N(C)c2cc(F)c(/C=N\NC(=O)c3ccccn3)cc21. The number of fused-ring (bicyclic) bond motifs is 1. The first kappa shape index (κ1) is 17.8. The van der Waals surface area contributed by atoms with Crippen LogP contribution in [0.3, 0.4) is 0 Å². The Hall–Kier alpha value is -3.02. The maximum absolute atomic E-state index is 14.5. The molecule has 1 N–H and O–H groups in total. The third-order valence-corrected chi connectivity index (χ3v) is 4.60. The number of aromatic nitrogens is 1. The van der Waals surface area contributed by atoms with E-state index in [2.05, 4.69) is 35.4 Å². The molecule has 0 spiro atoms. The highest BCUT2D eigenvalue weighted by molar-refractivity contribution is 5.93. The Balaban J connectivity index is 1.84. The van der Waals surface area contributed by atoms with E-state index in [0.717, 1.165) is 16.8 Å². The first-order chi connectivity index (χ1) is 12.3. The van der Waals surface area contributed by atoms with Crippen LogP contribution in [0.25, 0.3) is 5.57 Å². The van der Waals surface area contributed by atoms with Gasteiger partial charge in [-0.15, -0.1) is 0 Å². The molecule has 0 fully saturated rings. The van der Waals surface area contributed by atoms with Crippen molar-refractivity contribution in [3.8, 4) is 0 Å². The number of allylic oxidation sites excluding steroid dienone is 1. The molecule has 6 heteroatoms. The largest absolute Gasteiger partial charge is 0.365 e. The smallest absolute Gasteiger partial charge is 0.289 e. The van der Waals surface area contributed by atoms with Crippen LogP contribution in [0, 0.1) is 5.82 Å². The van der Waals surface area contributed by atoms with E-state index in [1.807, 2.05) is 18.9 Å². The zero-order valence-electron chi connectivity index (χ0n) is 15.2. The normalized spacial score (nSPS) is 15.6. The van der Waals surface area contributed by atoms with E-state index in [-0.39, 0.29) is 11.2 Å². The summed E-state index contributed by atoms with van der Waals surface area (Å²) in [5.74, 6) is -0.838. The third-order valence-electron chi connectivity index (χ3n) is 4.60. The van der Waals surface area contributed by atoms with Crippen molar-refractivity contribution in [2.75, 3.05) is 11.9 Å². The number of hydrogen-bond acceptors (Lipinski definition) is 4. The van der Waals surface area contributed by atoms with Gasteiger partial charge in [-0.05, 0) is 50.6 Å². The topological polar surface area (TPSA) is 57.6 Å². The number of nitrogens with one attached hydrogen (secondary N) is 1. The Morgan fingerprint density at radius 2 is 2.12 bits per heavy atom. The number of anilines is 1. The average molecular weight is 352 g/mol. The van der Waals surface area contributed by atoms with Crippen LogP contribution >= 0.6 is 0 Å². The van der Waals surface area contributed by atoms with Crippen LogP contribution in [0.1, 0.15) is 42.4 Å². The quantitative estimate of drug-likeness (QED) is 0.678. The number of benzene rings is 1. The van der Waals surface area contributed by atoms with E-state index in [4.69, 9.17) is 0 Å². The van der Waals surface area contributed by atoms with Crippen LogP contribution in [-0.2, 0) is 0 Å². The molecule has 1 aliphatic heterocycles. The van der Waals surface area contributed by atoms with Gasteiger partial charge in [-0.2, -0.15) is 5.10 Å². The van der Waals surface area contributed by atoms with E-state index < -0.39 is 11.7 Å². The van der Waals surface area contributed by atoms with Gasteiger partial charge in [-0.25, -0.2) is 9.82 Å². The fraction of sp³-hybridized carbons (Fsp3) is 0.250. The molecule has 1 aromatic carbocycles. The summed E-state index contributed by atoms with van der Waals surface area (Å²) < 4.78 is 14.5. The van der Waals surface area contributed by atoms with Gasteiger partial charge in [0.15, 0.2) is 0 Å². The van der Waals surface area contributed by atoms with Gasteiger partial charge in [0, 0.05) is 30.1 Å². The molecule has 2 aromatic rings. The molecule has 1 amide bonds. The molecule has 2 heterocycles. The number of amides is 1. The van der Waals surface area contributed by atoms with Crippen LogP contribution in [-0.4, -0.2) is 29.7 Å². The first-order valence-electron chi connectivity index (χ1n) is 8.31. The second-order valence-electron chi connectivity index (χ2n) is 6.85. The number of hydrazone groups is 1. The minimum Gasteiger partial charge on any atom is -0.365 e. The zero-order chi connectivity index (χ0) is 18.9. The molecule has 0 radical (unpaired) electrons. The minimum absolute atomic E-state index is 0.185. The zero-order valence-corrected chi connectivity index (χ0v) is 15.2. The van der Waals surface area contributed by atoms with E-state index in [1.54, 1.807) is 24.3 Å². The highest BCUT2D eigenvalue weighted by Gasteiger charge is 2.29. The summed E-state index contributed by atoms with van der Waals surface area (Å²) in [7, 11) is 1.95. The lowest BCUT2D eigenvalue weighted by atomic mass is 9.88. The lowest BCUT2D eigenvalue weighted by Crippen LogP contribution is -2.42. The summed E-state index contributed by atoms with van der Waals surface area (Å²) in [5.41, 5.74) is 5.60. The van der Waals surface area contributed by atoms with Crippen molar-refractivity contribution in [1.29, 1.82) is 0 Å². The van der Waals surface area contributed by atoms with E-state index in [1.165, 1.54) is 18.5 Å². The fourth-order valence-corrected chi connectivity index (χ4v) is 3.00. The summed E-state index contributed by atoms with van der Waals surface area (Å²) >= 11 is 0. The summed E-state index contributed by atoms with van der Waals surface area (Å²) in [6, 6.07) is 8.27. The van der Waals surface area contributed by atoms with Gasteiger partial charge >= 0.3 is 0 Å². The Bertz CT molecular complexity index is 904. The van der Waals surface area contributed by atoms with Gasteiger partial charge in [-0.3, -0.25) is 9.78 Å². The van der Waals surface area contributed by atoms with Crippen molar-refractivity contribution in [3.05, 3.63) is 65.2 Å². The average Bonchev–Trinajstić information content (AvgIpc) is 2.61. The van der Waals surface area contributed by atoms with Crippen LogP contribution in [0.5, 0.6) is 0 Å². The maximum atomic E-state index is 14.5. The Morgan fingerprint density at radius 1 is 1.35 bits per heavy atom. The Labute approximate surface area is 152 Å². The van der Waals surface area contributed by atoms with Crippen LogP contribution in [0.4, 0.5) is 10.1 Å². The van der Waals surface area contributed by atoms with E-state index in [9.17, 15) is 9.18 Å². The van der Waals surface area contributed by atoms with Gasteiger partial charge in [0.1, 0.15) is 11.5 Å². The molecule has 0 atom stereocenters. The molecule has 1 aromatic heterocycles. The predicted molar refractivity (Wildman–Crippen MR) is 102 cm³/mol. The molecule has 0 saturated heterocycles. The number of likely N-dealkylation sites (N-methyl/N-ethyl adjacent to an activating group) is 1. The highest BCUT2D eigenvalue weighted by Crippen LogP contribution is 2.38. The summed E-state index contributed by atoms with van der Waals surface area (Å²) in [6.07, 6.45) is 4.98. The van der Waals surface area contributed by atoms with Crippen LogP contribution in [0.2, 0.25) is 0 Å². The minimum atomic E-state index is -0.447. The molecular formula is C20H21FN4O. The molecule has 5 nitrogen and oxygen atoms in total. The Kier molecular flexibility index (Phi) is 4.59. The van der Waals surface area contributed by atoms with Gasteiger partial charge in [0.05, 0.1) is 11.8 Å². The number of nitrogens with zero attached hydrogens (tertiary/aromatic N) is 3. The number of carbonyl (C=O) groups excluding carboxylic acids is 1. The van der Waals surface area contributed by atoms with Crippen LogP contribution in [0.15, 0.2) is 47.7 Å². The lowest BCUT2D eigenvalue weighted by Gasteiger charge is -2.40. The molecule has 1 aliphatic rings. The van der Waals surface area contributed by atoms with E-state index >= 15 is 0 Å². The number of hydrogen-bond donors (Lipinski definition) is 1. The van der Waals surface area contributed by atoms with Crippen LogP contribution < -0.4 is 10.3 Å². The van der Waals surface area contributed by atoms with Gasteiger partial charge < -0.3 is 4.90 Å². The second-order valence-corrected chi connectivity index (χ2v) is 6.85. The Morgan fingerprint density at radius 3 is 2.81 bits per heavy atom. The van der Waals surface area contributed by atoms with Gasteiger partial charge in [0.2, 0.25) is 0 Å². The molecule has 3 rings (SSSR count). The van der Waals surface area contributed by atoms with Crippen molar-refractivity contribution in [1.82, 2.24) is 10.4 Å². The van der Waals surface area contributed by atoms with E-state index in [0.29, 0.717) is 5.56 Å². The second kappa shape index (κ2) is 6.71. The maximum Gasteiger partial charge on any atom is 0.289 e. The van der Waals surface area contributed by atoms with Crippen molar-refractivity contribution >= 4 is 23.4 Å². The third kappa shape index (κ3) is 3.35. The predicted octanol–water partition coefficient (Wildman–Crippen LogP) is 3.62. The van der Waals surface area contributed by atoms with Gasteiger partial charge in [-0.1, -0.05) is 12.1 Å². The lowest BCUT2D eigenvalue weighted by molar-refractivity contribution is 0.0950. The van der Waals surface area contributed by atoms with Crippen molar-refractivity contribution < 1.29 is 9.18 Å². The molecule has 134 valence electrons. The van der Waals surface area contributed by atoms with Crippen molar-refractivity contribution in [2.45, 2.75) is 26.3 Å². The molecule has 26 heavy (non-hydrogen) atoms. The summed E-state index contributed by atoms with van der Waals surface area (Å²) in [4.78, 5) is 17.9. The van der Waals surface area contributed by atoms with Crippen molar-refractivity contribution in [2.24, 2.45) is 5.10 Å². The number of pyridine rings is 1. The van der Waals surface area contributed by atoms with Gasteiger partial charge in [0.25, 0.3) is 5.91 Å². The highest BCUT2D eigenvalue weighted by atomic mass is 19.1. The number of halogens is 1. The summed E-state index contributed by atoms with van der Waals surface area (Å²) in [5, 5.41) is 3.86. The molecule has 0 bridgehead atoms. The fourth-order valence-electron chi connectivity index (χ4n) is 3.00. The standard InChI is InChI=1S/C20H21FN4O/c1-13-11-20(2,3)25(4)18-10-16(21)14(9-15(13)18)12-23-24-19(26)17-7-5-6-8-22-17/h5-12H,1-4H3,(H,24,26)/b23-12-. The molecule has 0 saturated carbocycles. The summed E-state index contributed by atoms with van der Waals surface area (Å²) in [6.45, 7) is 6.18. The molecular weight excluding hydrogens is 331 g/mol. The molecule has 0 unspecified atom stereocenters. The first-order valence-corrected chi connectivity index (χ1v) is 8.31. The number of carbonyl (C=O) groups is 1. The number of rotatable bonds is 3. The molecule has 0 aliphatic carbocycles.